The van der Waals surface area contributed by atoms with Crippen LogP contribution in [0.4, 0.5) is 5.69 Å². The largest absolute Gasteiger partial charge is 0.494 e. The fourth-order valence-electron chi connectivity index (χ4n) is 4.48. The summed E-state index contributed by atoms with van der Waals surface area (Å²) in [4.78, 5) is 35.3. The topological polar surface area (TPSA) is 114 Å². The Hall–Kier alpha value is -4.66. The first-order valence-electron chi connectivity index (χ1n) is 15.6. The van der Waals surface area contributed by atoms with Gasteiger partial charge in [0.25, 0.3) is 0 Å². The lowest BCUT2D eigenvalue weighted by molar-refractivity contribution is -0.385. The van der Waals surface area contributed by atoms with Crippen LogP contribution in [0.1, 0.15) is 82.0 Å². The summed E-state index contributed by atoms with van der Waals surface area (Å²) in [7, 11) is 0. The van der Waals surface area contributed by atoms with Gasteiger partial charge in [0.2, 0.25) is 5.75 Å². The zero-order chi connectivity index (χ0) is 32.4. The van der Waals surface area contributed by atoms with Crippen LogP contribution in [0.5, 0.6) is 17.2 Å². The summed E-state index contributed by atoms with van der Waals surface area (Å²) in [6.07, 6.45) is 9.38. The Balaban J connectivity index is 1.38. The average molecular weight is 618 g/mol. The number of ether oxygens (including phenoxy) is 4. The fraction of sp³-hybridized carbons (Fsp3) is 0.389. The molecule has 0 atom stereocenters. The molecule has 9 heteroatoms. The number of nitro groups is 1. The van der Waals surface area contributed by atoms with Crippen molar-refractivity contribution in [1.29, 1.82) is 0 Å². The molecule has 45 heavy (non-hydrogen) atoms. The van der Waals surface area contributed by atoms with Crippen molar-refractivity contribution >= 4 is 17.6 Å². The molecule has 0 aliphatic carbocycles. The molecule has 0 amide bonds. The summed E-state index contributed by atoms with van der Waals surface area (Å²) in [5, 5.41) is 11.8. The quantitative estimate of drug-likeness (QED) is 0.0308. The van der Waals surface area contributed by atoms with Crippen LogP contribution in [0.2, 0.25) is 0 Å². The second kappa shape index (κ2) is 18.9. The second-order valence-corrected chi connectivity index (χ2v) is 10.8. The van der Waals surface area contributed by atoms with Crippen molar-refractivity contribution in [2.75, 3.05) is 19.8 Å². The summed E-state index contributed by atoms with van der Waals surface area (Å²) >= 11 is 0. The molecule has 0 heterocycles. The Bertz CT molecular complexity index is 1400. The van der Waals surface area contributed by atoms with Gasteiger partial charge in [-0.15, -0.1) is 0 Å². The highest BCUT2D eigenvalue weighted by Gasteiger charge is 2.20. The Morgan fingerprint density at radius 3 is 1.84 bits per heavy atom. The minimum atomic E-state index is -0.692. The van der Waals surface area contributed by atoms with Crippen LogP contribution in [0.25, 0.3) is 11.1 Å². The molecule has 0 saturated carbocycles. The Kier molecular flexibility index (Phi) is 14.6. The number of unbranched alkanes of at least 4 members (excludes halogenated alkanes) is 7. The molecule has 0 spiro atoms. The molecule has 0 unspecified atom stereocenters. The lowest BCUT2D eigenvalue weighted by Gasteiger charge is -2.09. The van der Waals surface area contributed by atoms with Crippen molar-refractivity contribution in [2.45, 2.75) is 71.6 Å². The van der Waals surface area contributed by atoms with E-state index in [0.717, 1.165) is 69.1 Å². The molecule has 0 fully saturated rings. The van der Waals surface area contributed by atoms with Gasteiger partial charge in [0.15, 0.2) is 0 Å². The lowest BCUT2D eigenvalue weighted by atomic mass is 10.0. The fourth-order valence-corrected chi connectivity index (χ4v) is 4.48. The molecule has 3 aromatic rings. The van der Waals surface area contributed by atoms with Crippen LogP contribution < -0.4 is 14.2 Å². The van der Waals surface area contributed by atoms with Crippen LogP contribution in [-0.2, 0) is 9.53 Å². The number of hydrogen-bond donors (Lipinski definition) is 0. The first-order valence-corrected chi connectivity index (χ1v) is 15.6. The van der Waals surface area contributed by atoms with Crippen molar-refractivity contribution in [1.82, 2.24) is 0 Å². The molecule has 0 aromatic heterocycles. The SMILES string of the molecule is C=C(C)C(=O)OCCCCCCCCCCOc1ccc(C(=O)Oc2ccc(-c3ccc(OCCC)cc3)cc2[N+](=O)[O-])cc1. The molecule has 0 aliphatic rings. The number of nitro benzene ring substituents is 1. The van der Waals surface area contributed by atoms with Crippen molar-refractivity contribution in [3.8, 4) is 28.4 Å². The highest BCUT2D eigenvalue weighted by molar-refractivity contribution is 5.92. The van der Waals surface area contributed by atoms with Crippen LogP contribution in [0.15, 0.2) is 78.9 Å². The van der Waals surface area contributed by atoms with Gasteiger partial charge in [-0.1, -0.05) is 70.2 Å². The van der Waals surface area contributed by atoms with Gasteiger partial charge in [-0.25, -0.2) is 9.59 Å². The first-order chi connectivity index (χ1) is 21.8. The molecule has 0 radical (unpaired) electrons. The summed E-state index contributed by atoms with van der Waals surface area (Å²) in [6.45, 7) is 8.88. The highest BCUT2D eigenvalue weighted by atomic mass is 16.6. The normalized spacial score (nSPS) is 10.6. The Morgan fingerprint density at radius 2 is 1.27 bits per heavy atom. The third-order valence-corrected chi connectivity index (χ3v) is 7.00. The van der Waals surface area contributed by atoms with E-state index in [2.05, 4.69) is 6.58 Å². The maximum atomic E-state index is 12.8. The van der Waals surface area contributed by atoms with E-state index in [9.17, 15) is 19.7 Å². The van der Waals surface area contributed by atoms with Gasteiger partial charge in [-0.3, -0.25) is 10.1 Å². The minimum absolute atomic E-state index is 0.124. The number of rotatable bonds is 20. The van der Waals surface area contributed by atoms with E-state index >= 15 is 0 Å². The maximum Gasteiger partial charge on any atom is 0.343 e. The first kappa shape index (κ1) is 34.8. The van der Waals surface area contributed by atoms with E-state index in [1.807, 2.05) is 31.2 Å². The van der Waals surface area contributed by atoms with E-state index in [-0.39, 0.29) is 23.0 Å². The third kappa shape index (κ3) is 12.1. The number of hydrogen-bond acceptors (Lipinski definition) is 8. The van der Waals surface area contributed by atoms with Gasteiger partial charge in [0.05, 0.1) is 30.3 Å². The lowest BCUT2D eigenvalue weighted by Crippen LogP contribution is -2.10. The number of esters is 2. The minimum Gasteiger partial charge on any atom is -0.494 e. The maximum absolute atomic E-state index is 12.8. The van der Waals surface area contributed by atoms with E-state index in [4.69, 9.17) is 18.9 Å². The summed E-state index contributed by atoms with van der Waals surface area (Å²) in [5.41, 5.74) is 1.80. The molecule has 240 valence electrons. The van der Waals surface area contributed by atoms with Gasteiger partial charge in [0, 0.05) is 11.6 Å². The smallest absolute Gasteiger partial charge is 0.343 e. The molecule has 0 aliphatic heterocycles. The Labute approximate surface area is 265 Å². The number of nitrogens with zero attached hydrogens (tertiary/aromatic N) is 1. The average Bonchev–Trinajstić information content (AvgIpc) is 3.04. The van der Waals surface area contributed by atoms with Gasteiger partial charge in [0.1, 0.15) is 11.5 Å². The van der Waals surface area contributed by atoms with Crippen LogP contribution in [-0.4, -0.2) is 36.7 Å². The van der Waals surface area contributed by atoms with Gasteiger partial charge >= 0.3 is 17.6 Å². The van der Waals surface area contributed by atoms with E-state index in [0.29, 0.717) is 36.7 Å². The predicted octanol–water partition coefficient (Wildman–Crippen LogP) is 8.89. The summed E-state index contributed by atoms with van der Waals surface area (Å²) < 4.78 is 21.9. The van der Waals surface area contributed by atoms with Gasteiger partial charge in [-0.2, -0.15) is 0 Å². The third-order valence-electron chi connectivity index (χ3n) is 7.00. The zero-order valence-electron chi connectivity index (χ0n) is 26.3. The summed E-state index contributed by atoms with van der Waals surface area (Å²) in [6, 6.07) is 18.4. The van der Waals surface area contributed by atoms with E-state index in [1.165, 1.54) is 12.1 Å². The van der Waals surface area contributed by atoms with E-state index in [1.54, 1.807) is 37.3 Å². The molecular weight excluding hydrogens is 574 g/mol. The van der Waals surface area contributed by atoms with Crippen LogP contribution in [0.3, 0.4) is 0 Å². The molecule has 3 aromatic carbocycles. The molecular formula is C36H43NO8. The van der Waals surface area contributed by atoms with Crippen LogP contribution >= 0.6 is 0 Å². The number of carbonyl (C=O) groups excluding carboxylic acids is 2. The van der Waals surface area contributed by atoms with Crippen molar-refractivity contribution in [3.63, 3.8) is 0 Å². The predicted molar refractivity (Wildman–Crippen MR) is 174 cm³/mol. The molecule has 0 saturated heterocycles. The zero-order valence-corrected chi connectivity index (χ0v) is 26.3. The van der Waals surface area contributed by atoms with Gasteiger partial charge in [-0.05, 0) is 79.8 Å². The second-order valence-electron chi connectivity index (χ2n) is 10.8. The molecule has 9 nitrogen and oxygen atoms in total. The van der Waals surface area contributed by atoms with Crippen molar-refractivity contribution in [3.05, 3.63) is 94.6 Å². The monoisotopic (exact) mass is 617 g/mol. The van der Waals surface area contributed by atoms with Crippen molar-refractivity contribution in [2.24, 2.45) is 0 Å². The standard InChI is InChI=1S/C36H43NO8/c1-4-23-42-31-18-13-28(14-19-31)30-17-22-34(33(26-30)37(40)41)45-36(39)29-15-20-32(21-16-29)43-24-11-9-7-5-6-8-10-12-25-44-35(38)27(2)3/h13-22,26H,2,4-12,23-25H2,1,3H3. The number of carbonyl (C=O) groups is 2. The number of benzene rings is 3. The van der Waals surface area contributed by atoms with Gasteiger partial charge < -0.3 is 18.9 Å². The molecule has 3 rings (SSSR count). The molecule has 0 bridgehead atoms. The van der Waals surface area contributed by atoms with Crippen molar-refractivity contribution < 1.29 is 33.5 Å². The van der Waals surface area contributed by atoms with Crippen LogP contribution in [0, 0.1) is 10.1 Å². The summed E-state index contributed by atoms with van der Waals surface area (Å²) in [5.74, 6) is 0.232. The highest BCUT2D eigenvalue weighted by Crippen LogP contribution is 2.33. The molecule has 0 N–H and O–H groups in total. The van der Waals surface area contributed by atoms with E-state index < -0.39 is 10.9 Å². The Morgan fingerprint density at radius 1 is 0.733 bits per heavy atom.